The van der Waals surface area contributed by atoms with Gasteiger partial charge in [-0.2, -0.15) is 11.8 Å². The third kappa shape index (κ3) is 3.56. The molecule has 0 atom stereocenters. The van der Waals surface area contributed by atoms with Crippen molar-refractivity contribution in [3.05, 3.63) is 16.1 Å². The Balaban J connectivity index is 2.15. The zero-order valence-corrected chi connectivity index (χ0v) is 8.88. The molecular weight excluding hydrogens is 188 g/mol. The Morgan fingerprint density at radius 3 is 3.08 bits per heavy atom. The first-order chi connectivity index (χ1) is 5.83. The van der Waals surface area contributed by atoms with E-state index in [0.29, 0.717) is 0 Å². The van der Waals surface area contributed by atoms with Crippen molar-refractivity contribution in [1.29, 1.82) is 0 Å². The minimum atomic E-state index is 0.795. The first kappa shape index (κ1) is 10.0. The van der Waals surface area contributed by atoms with Gasteiger partial charge in [-0.15, -0.1) is 11.3 Å². The lowest BCUT2D eigenvalue weighted by molar-refractivity contribution is 0.942. The van der Waals surface area contributed by atoms with E-state index in [9.17, 15) is 0 Å². The lowest BCUT2D eigenvalue weighted by Crippen LogP contribution is -1.99. The van der Waals surface area contributed by atoms with Gasteiger partial charge in [0.25, 0.3) is 0 Å². The second-order valence-corrected chi connectivity index (χ2v) is 4.72. The highest BCUT2D eigenvalue weighted by atomic mass is 32.2. The topological polar surface area (TPSA) is 38.9 Å². The van der Waals surface area contributed by atoms with Gasteiger partial charge < -0.3 is 5.73 Å². The Hall–Kier alpha value is -0.0600. The quantitative estimate of drug-likeness (QED) is 0.743. The Kier molecular flexibility index (Phi) is 4.65. The minimum absolute atomic E-state index is 0.795. The summed E-state index contributed by atoms with van der Waals surface area (Å²) in [6.07, 6.45) is 1.10. The molecule has 0 aliphatic carbocycles. The van der Waals surface area contributed by atoms with Gasteiger partial charge in [0.15, 0.2) is 0 Å². The Morgan fingerprint density at radius 2 is 2.50 bits per heavy atom. The molecule has 68 valence electrons. The summed E-state index contributed by atoms with van der Waals surface area (Å²) in [4.78, 5) is 4.37. The maximum atomic E-state index is 5.39. The van der Waals surface area contributed by atoms with Gasteiger partial charge in [0.05, 0.1) is 10.7 Å². The summed E-state index contributed by atoms with van der Waals surface area (Å²) >= 11 is 3.63. The maximum Gasteiger partial charge on any atom is 0.0897 e. The molecule has 1 aromatic heterocycles. The van der Waals surface area contributed by atoms with E-state index in [4.69, 9.17) is 5.73 Å². The van der Waals surface area contributed by atoms with Crippen LogP contribution in [-0.4, -0.2) is 17.3 Å². The Labute approximate surface area is 81.6 Å². The fraction of sp³-hybridized carbons (Fsp3) is 0.625. The molecular formula is C8H14N2S2. The summed E-state index contributed by atoms with van der Waals surface area (Å²) in [7, 11) is 0. The second-order valence-electron chi connectivity index (χ2n) is 2.55. The van der Waals surface area contributed by atoms with Crippen LogP contribution in [0.3, 0.4) is 0 Å². The molecule has 2 nitrogen and oxygen atoms in total. The summed E-state index contributed by atoms with van der Waals surface area (Å²) in [5.74, 6) is 2.18. The number of thioether (sulfide) groups is 1. The van der Waals surface area contributed by atoms with Crippen LogP contribution in [0.25, 0.3) is 0 Å². The van der Waals surface area contributed by atoms with Crippen LogP contribution in [-0.2, 0) is 5.75 Å². The standard InChI is InChI=1S/C8H14N2S2/c1-7-10-8(6-12-7)5-11-4-2-3-9/h6H,2-5,9H2,1H3. The van der Waals surface area contributed by atoms with Crippen LogP contribution in [0.1, 0.15) is 17.1 Å². The molecule has 12 heavy (non-hydrogen) atoms. The van der Waals surface area contributed by atoms with Gasteiger partial charge in [-0.3, -0.25) is 0 Å². The number of rotatable bonds is 5. The van der Waals surface area contributed by atoms with Crippen molar-refractivity contribution in [2.24, 2.45) is 5.73 Å². The number of aryl methyl sites for hydroxylation is 1. The molecule has 0 saturated carbocycles. The van der Waals surface area contributed by atoms with Gasteiger partial charge in [0.1, 0.15) is 0 Å². The highest BCUT2D eigenvalue weighted by Gasteiger charge is 1.97. The molecule has 4 heteroatoms. The SMILES string of the molecule is Cc1nc(CSCCCN)cs1. The van der Waals surface area contributed by atoms with Crippen molar-refractivity contribution in [3.8, 4) is 0 Å². The molecule has 2 N–H and O–H groups in total. The van der Waals surface area contributed by atoms with Crippen LogP contribution in [0.5, 0.6) is 0 Å². The summed E-state index contributed by atoms with van der Waals surface area (Å²) in [6.45, 7) is 2.84. The van der Waals surface area contributed by atoms with E-state index in [1.165, 1.54) is 5.69 Å². The number of aromatic nitrogens is 1. The number of hydrogen-bond acceptors (Lipinski definition) is 4. The van der Waals surface area contributed by atoms with Crippen molar-refractivity contribution in [3.63, 3.8) is 0 Å². The van der Waals surface area contributed by atoms with Gasteiger partial charge >= 0.3 is 0 Å². The summed E-state index contributed by atoms with van der Waals surface area (Å²) in [6, 6.07) is 0. The first-order valence-electron chi connectivity index (χ1n) is 4.01. The third-order valence-electron chi connectivity index (χ3n) is 1.41. The van der Waals surface area contributed by atoms with Gasteiger partial charge in [0, 0.05) is 11.1 Å². The Morgan fingerprint density at radius 1 is 1.67 bits per heavy atom. The lowest BCUT2D eigenvalue weighted by Gasteiger charge is -1.95. The van der Waals surface area contributed by atoms with Crippen molar-refractivity contribution in [1.82, 2.24) is 4.98 Å². The third-order valence-corrected chi connectivity index (χ3v) is 3.31. The number of hydrogen-bond donors (Lipinski definition) is 1. The molecule has 0 radical (unpaired) electrons. The summed E-state index contributed by atoms with van der Waals surface area (Å²) in [5.41, 5.74) is 6.59. The number of nitrogens with two attached hydrogens (primary N) is 1. The summed E-state index contributed by atoms with van der Waals surface area (Å²) in [5, 5.41) is 3.29. The van der Waals surface area contributed by atoms with E-state index in [1.54, 1.807) is 11.3 Å². The van der Waals surface area contributed by atoms with E-state index in [-0.39, 0.29) is 0 Å². The van der Waals surface area contributed by atoms with Crippen LogP contribution >= 0.6 is 23.1 Å². The Bertz CT molecular complexity index is 223. The molecule has 0 unspecified atom stereocenters. The molecule has 0 fully saturated rings. The molecule has 0 amide bonds. The zero-order chi connectivity index (χ0) is 8.81. The van der Waals surface area contributed by atoms with E-state index in [2.05, 4.69) is 10.4 Å². The van der Waals surface area contributed by atoms with Gasteiger partial charge in [-0.25, -0.2) is 4.98 Å². The predicted molar refractivity (Wildman–Crippen MR) is 56.7 cm³/mol. The summed E-state index contributed by atoms with van der Waals surface area (Å²) < 4.78 is 0. The maximum absolute atomic E-state index is 5.39. The molecule has 0 aliphatic heterocycles. The minimum Gasteiger partial charge on any atom is -0.330 e. The lowest BCUT2D eigenvalue weighted by atomic mass is 10.5. The number of thiazole rings is 1. The molecule has 0 saturated heterocycles. The second kappa shape index (κ2) is 5.56. The molecule has 0 spiro atoms. The van der Waals surface area contributed by atoms with Crippen LogP contribution in [0, 0.1) is 6.92 Å². The molecule has 0 aliphatic rings. The molecule has 1 heterocycles. The monoisotopic (exact) mass is 202 g/mol. The highest BCUT2D eigenvalue weighted by Crippen LogP contribution is 2.15. The van der Waals surface area contributed by atoms with E-state index < -0.39 is 0 Å². The largest absolute Gasteiger partial charge is 0.330 e. The predicted octanol–water partition coefficient (Wildman–Crippen LogP) is 2.03. The first-order valence-corrected chi connectivity index (χ1v) is 6.05. The smallest absolute Gasteiger partial charge is 0.0897 e. The van der Waals surface area contributed by atoms with E-state index in [1.807, 2.05) is 18.7 Å². The fourth-order valence-electron chi connectivity index (χ4n) is 0.837. The molecule has 1 aromatic rings. The van der Waals surface area contributed by atoms with Gasteiger partial charge in [0.2, 0.25) is 0 Å². The average molecular weight is 202 g/mol. The fourth-order valence-corrected chi connectivity index (χ4v) is 2.43. The van der Waals surface area contributed by atoms with Crippen LogP contribution in [0.15, 0.2) is 5.38 Å². The van der Waals surface area contributed by atoms with Crippen molar-refractivity contribution in [2.75, 3.05) is 12.3 Å². The van der Waals surface area contributed by atoms with Gasteiger partial charge in [-0.1, -0.05) is 0 Å². The van der Waals surface area contributed by atoms with Crippen molar-refractivity contribution in [2.45, 2.75) is 19.1 Å². The normalized spacial score (nSPS) is 10.5. The van der Waals surface area contributed by atoms with Crippen LogP contribution in [0.2, 0.25) is 0 Å². The van der Waals surface area contributed by atoms with Crippen molar-refractivity contribution < 1.29 is 0 Å². The van der Waals surface area contributed by atoms with Crippen LogP contribution in [0.4, 0.5) is 0 Å². The molecule has 0 bridgehead atoms. The zero-order valence-electron chi connectivity index (χ0n) is 7.25. The highest BCUT2D eigenvalue weighted by molar-refractivity contribution is 7.98. The van der Waals surface area contributed by atoms with Crippen molar-refractivity contribution >= 4 is 23.1 Å². The van der Waals surface area contributed by atoms with Crippen LogP contribution < -0.4 is 5.73 Å². The van der Waals surface area contributed by atoms with E-state index in [0.717, 1.165) is 29.5 Å². The van der Waals surface area contributed by atoms with E-state index >= 15 is 0 Å². The van der Waals surface area contributed by atoms with Gasteiger partial charge in [-0.05, 0) is 25.6 Å². The number of nitrogens with zero attached hydrogens (tertiary/aromatic N) is 1. The molecule has 0 aromatic carbocycles. The molecule has 1 rings (SSSR count). The average Bonchev–Trinajstić information content (AvgIpc) is 2.45.